The number of ketones is 1. The minimum atomic E-state index is -0.751. The summed E-state index contributed by atoms with van der Waals surface area (Å²) in [6.07, 6.45) is 2.71. The molecule has 1 aromatic carbocycles. The molecule has 1 aromatic rings. The van der Waals surface area contributed by atoms with Gasteiger partial charge in [-0.05, 0) is 36.3 Å². The van der Waals surface area contributed by atoms with Crippen LogP contribution in [0.15, 0.2) is 24.3 Å². The highest BCUT2D eigenvalue weighted by atomic mass is 16.1. The van der Waals surface area contributed by atoms with Crippen molar-refractivity contribution in [3.8, 4) is 6.07 Å². The number of nitriles is 1. The zero-order chi connectivity index (χ0) is 13.2. The van der Waals surface area contributed by atoms with Crippen molar-refractivity contribution in [2.75, 3.05) is 0 Å². The van der Waals surface area contributed by atoms with Gasteiger partial charge in [-0.2, -0.15) is 5.26 Å². The van der Waals surface area contributed by atoms with Gasteiger partial charge in [-0.3, -0.25) is 4.79 Å². The van der Waals surface area contributed by atoms with Crippen LogP contribution in [0.1, 0.15) is 50.2 Å². The third-order valence-corrected chi connectivity index (χ3v) is 3.91. The minimum Gasteiger partial charge on any atom is -0.298 e. The van der Waals surface area contributed by atoms with Gasteiger partial charge >= 0.3 is 0 Å². The summed E-state index contributed by atoms with van der Waals surface area (Å²) in [5.74, 6) is 0.634. The van der Waals surface area contributed by atoms with Gasteiger partial charge in [0, 0.05) is 6.42 Å². The maximum absolute atomic E-state index is 11.9. The van der Waals surface area contributed by atoms with Crippen molar-refractivity contribution in [1.82, 2.24) is 0 Å². The molecule has 1 aliphatic carbocycles. The van der Waals surface area contributed by atoms with Gasteiger partial charge in [0.1, 0.15) is 5.41 Å². The number of benzene rings is 1. The number of hydrogen-bond donors (Lipinski definition) is 0. The quantitative estimate of drug-likeness (QED) is 0.811. The lowest BCUT2D eigenvalue weighted by atomic mass is 9.80. The molecule has 0 amide bonds. The largest absolute Gasteiger partial charge is 0.298 e. The Kier molecular flexibility index (Phi) is 3.52. The maximum atomic E-state index is 11.9. The second-order valence-electron chi connectivity index (χ2n) is 5.54. The summed E-state index contributed by atoms with van der Waals surface area (Å²) in [4.78, 5) is 11.9. The van der Waals surface area contributed by atoms with Gasteiger partial charge in [-0.1, -0.05) is 38.1 Å². The Balaban J connectivity index is 2.18. The summed E-state index contributed by atoms with van der Waals surface area (Å²) in [6.45, 7) is 4.32. The number of carbonyl (C=O) groups excluding carboxylic acids is 1. The zero-order valence-electron chi connectivity index (χ0n) is 11.1. The average molecular weight is 241 g/mol. The van der Waals surface area contributed by atoms with Crippen LogP contribution in [0, 0.1) is 16.7 Å². The molecule has 2 rings (SSSR count). The molecule has 0 radical (unpaired) electrons. The molecule has 0 aromatic heterocycles. The summed E-state index contributed by atoms with van der Waals surface area (Å²) in [6, 6.07) is 10.6. The number of hydrogen-bond acceptors (Lipinski definition) is 2. The third-order valence-electron chi connectivity index (χ3n) is 3.91. The van der Waals surface area contributed by atoms with Gasteiger partial charge in [-0.15, -0.1) is 0 Å². The first-order chi connectivity index (χ1) is 8.57. The SMILES string of the molecule is CC(C)c1ccc(CC2(C#N)CCCC2=O)cc1. The Labute approximate surface area is 109 Å². The van der Waals surface area contributed by atoms with Crippen molar-refractivity contribution in [2.45, 2.75) is 45.4 Å². The molecule has 1 atom stereocenters. The van der Waals surface area contributed by atoms with Crippen LogP contribution in [0.5, 0.6) is 0 Å². The van der Waals surface area contributed by atoms with Crippen LogP contribution in [0.3, 0.4) is 0 Å². The Morgan fingerprint density at radius 1 is 1.33 bits per heavy atom. The van der Waals surface area contributed by atoms with Crippen LogP contribution in [-0.2, 0) is 11.2 Å². The van der Waals surface area contributed by atoms with Gasteiger partial charge in [0.25, 0.3) is 0 Å². The zero-order valence-corrected chi connectivity index (χ0v) is 11.1. The second-order valence-corrected chi connectivity index (χ2v) is 5.54. The normalized spacial score (nSPS) is 23.3. The van der Waals surface area contributed by atoms with Crippen LogP contribution >= 0.6 is 0 Å². The Hall–Kier alpha value is -1.62. The van der Waals surface area contributed by atoms with Gasteiger partial charge < -0.3 is 0 Å². The predicted octanol–water partition coefficient (Wildman–Crippen LogP) is 3.62. The van der Waals surface area contributed by atoms with E-state index in [-0.39, 0.29) is 5.78 Å². The van der Waals surface area contributed by atoms with E-state index in [1.807, 2.05) is 0 Å². The van der Waals surface area contributed by atoms with Crippen LogP contribution in [0.2, 0.25) is 0 Å². The van der Waals surface area contributed by atoms with Gasteiger partial charge in [0.05, 0.1) is 6.07 Å². The van der Waals surface area contributed by atoms with Crippen molar-refractivity contribution in [1.29, 1.82) is 5.26 Å². The smallest absolute Gasteiger partial charge is 0.153 e. The fraction of sp³-hybridized carbons (Fsp3) is 0.500. The third kappa shape index (κ3) is 2.31. The first kappa shape index (κ1) is 12.8. The van der Waals surface area contributed by atoms with E-state index in [4.69, 9.17) is 0 Å². The molecule has 1 unspecified atom stereocenters. The molecule has 0 heterocycles. The fourth-order valence-corrected chi connectivity index (χ4v) is 2.64. The number of Topliss-reactive ketones (excluding diaryl/α,β-unsaturated/α-hetero) is 1. The molecule has 1 fully saturated rings. The highest BCUT2D eigenvalue weighted by molar-refractivity contribution is 5.89. The number of rotatable bonds is 3. The molecule has 0 N–H and O–H groups in total. The lowest BCUT2D eigenvalue weighted by Crippen LogP contribution is -2.26. The Morgan fingerprint density at radius 2 is 2.00 bits per heavy atom. The van der Waals surface area contributed by atoms with Crippen molar-refractivity contribution >= 4 is 5.78 Å². The summed E-state index contributed by atoms with van der Waals surface area (Å²) in [7, 11) is 0. The average Bonchev–Trinajstić information content (AvgIpc) is 2.72. The molecule has 0 saturated heterocycles. The van der Waals surface area contributed by atoms with E-state index in [0.717, 1.165) is 12.0 Å². The summed E-state index contributed by atoms with van der Waals surface area (Å²) >= 11 is 0. The highest BCUT2D eigenvalue weighted by Gasteiger charge is 2.42. The van der Waals surface area contributed by atoms with Crippen molar-refractivity contribution in [2.24, 2.45) is 5.41 Å². The number of nitrogens with zero attached hydrogens (tertiary/aromatic N) is 1. The van der Waals surface area contributed by atoms with E-state index < -0.39 is 5.41 Å². The van der Waals surface area contributed by atoms with E-state index in [1.54, 1.807) is 0 Å². The van der Waals surface area contributed by atoms with E-state index in [2.05, 4.69) is 44.2 Å². The summed E-state index contributed by atoms with van der Waals surface area (Å²) < 4.78 is 0. The van der Waals surface area contributed by atoms with Crippen LogP contribution in [-0.4, -0.2) is 5.78 Å². The van der Waals surface area contributed by atoms with Crippen LogP contribution < -0.4 is 0 Å². The predicted molar refractivity (Wildman–Crippen MR) is 71.1 cm³/mol. The lowest BCUT2D eigenvalue weighted by Gasteiger charge is -2.18. The topological polar surface area (TPSA) is 40.9 Å². The van der Waals surface area contributed by atoms with Gasteiger partial charge in [0.15, 0.2) is 5.78 Å². The molecule has 0 bridgehead atoms. The molecular formula is C16H19NO. The maximum Gasteiger partial charge on any atom is 0.153 e. The first-order valence-electron chi connectivity index (χ1n) is 6.61. The van der Waals surface area contributed by atoms with E-state index in [0.29, 0.717) is 25.2 Å². The van der Waals surface area contributed by atoms with E-state index >= 15 is 0 Å². The summed E-state index contributed by atoms with van der Waals surface area (Å²) in [5.41, 5.74) is 1.64. The second kappa shape index (κ2) is 4.94. The Morgan fingerprint density at radius 3 is 2.44 bits per heavy atom. The van der Waals surface area contributed by atoms with Crippen molar-refractivity contribution in [3.63, 3.8) is 0 Å². The van der Waals surface area contributed by atoms with Gasteiger partial charge in [-0.25, -0.2) is 0 Å². The molecule has 0 aliphatic heterocycles. The van der Waals surface area contributed by atoms with E-state index in [1.165, 1.54) is 5.56 Å². The summed E-state index contributed by atoms with van der Waals surface area (Å²) in [5, 5.41) is 9.32. The minimum absolute atomic E-state index is 0.123. The molecular weight excluding hydrogens is 222 g/mol. The van der Waals surface area contributed by atoms with Crippen molar-refractivity contribution in [3.05, 3.63) is 35.4 Å². The molecule has 0 spiro atoms. The highest BCUT2D eigenvalue weighted by Crippen LogP contribution is 2.37. The standard InChI is InChI=1S/C16H19NO/c1-12(2)14-7-5-13(6-8-14)10-16(11-17)9-3-4-15(16)18/h5-8,12H,3-4,9-10H2,1-2H3. The van der Waals surface area contributed by atoms with Gasteiger partial charge in [0.2, 0.25) is 0 Å². The lowest BCUT2D eigenvalue weighted by molar-refractivity contribution is -0.123. The number of carbonyl (C=O) groups is 1. The van der Waals surface area contributed by atoms with E-state index in [9.17, 15) is 10.1 Å². The van der Waals surface area contributed by atoms with Crippen molar-refractivity contribution < 1.29 is 4.79 Å². The molecule has 2 nitrogen and oxygen atoms in total. The fourth-order valence-electron chi connectivity index (χ4n) is 2.64. The van der Waals surface area contributed by atoms with Crippen LogP contribution in [0.4, 0.5) is 0 Å². The molecule has 1 saturated carbocycles. The molecule has 2 heteroatoms. The molecule has 94 valence electrons. The molecule has 18 heavy (non-hydrogen) atoms. The first-order valence-corrected chi connectivity index (χ1v) is 6.61. The monoisotopic (exact) mass is 241 g/mol. The van der Waals surface area contributed by atoms with Crippen LogP contribution in [0.25, 0.3) is 0 Å². The molecule has 1 aliphatic rings. The Bertz CT molecular complexity index is 481.